The Morgan fingerprint density at radius 3 is 2.90 bits per heavy atom. The first kappa shape index (κ1) is 20.1. The Bertz CT molecular complexity index is 1030. The first-order valence-corrected chi connectivity index (χ1v) is 11.9. The molecule has 2 aromatic rings. The number of fused-ring (bicyclic) bond motifs is 3. The lowest BCUT2D eigenvalue weighted by atomic mass is 10.0. The number of aryl methyl sites for hydroxylation is 1. The van der Waals surface area contributed by atoms with Crippen LogP contribution >= 0.6 is 0 Å². The number of amides is 1. The average Bonchev–Trinajstić information content (AvgIpc) is 3.01. The lowest BCUT2D eigenvalue weighted by molar-refractivity contribution is 0.0943. The maximum Gasteiger partial charge on any atom is 0.272 e. The van der Waals surface area contributed by atoms with Gasteiger partial charge in [-0.25, -0.2) is 8.42 Å². The van der Waals surface area contributed by atoms with Crippen LogP contribution in [0.4, 0.5) is 0 Å². The second kappa shape index (κ2) is 7.91. The van der Waals surface area contributed by atoms with Crippen molar-refractivity contribution in [3.63, 3.8) is 0 Å². The molecule has 29 heavy (non-hydrogen) atoms. The van der Waals surface area contributed by atoms with Crippen LogP contribution in [0.25, 0.3) is 11.3 Å². The Morgan fingerprint density at radius 2 is 2.10 bits per heavy atom. The number of sulfone groups is 1. The highest BCUT2D eigenvalue weighted by Gasteiger charge is 2.34. The summed E-state index contributed by atoms with van der Waals surface area (Å²) in [5.74, 6) is 0.244. The van der Waals surface area contributed by atoms with Gasteiger partial charge in [-0.3, -0.25) is 9.48 Å². The fourth-order valence-electron chi connectivity index (χ4n) is 4.50. The number of nitrogens with zero attached hydrogens (tertiary/aromatic N) is 3. The first-order chi connectivity index (χ1) is 13.9. The summed E-state index contributed by atoms with van der Waals surface area (Å²) >= 11 is 0. The molecule has 0 unspecified atom stereocenters. The molecule has 1 aromatic carbocycles. The molecule has 2 aliphatic rings. The number of piperidine rings is 1. The summed E-state index contributed by atoms with van der Waals surface area (Å²) in [4.78, 5) is 15.5. The van der Waals surface area contributed by atoms with Gasteiger partial charge in [0, 0.05) is 31.3 Å². The second-order valence-electron chi connectivity index (χ2n) is 8.21. The van der Waals surface area contributed by atoms with Crippen molar-refractivity contribution in [3.05, 3.63) is 35.5 Å². The highest BCUT2D eigenvalue weighted by atomic mass is 32.2. The van der Waals surface area contributed by atoms with E-state index in [4.69, 9.17) is 0 Å². The van der Waals surface area contributed by atoms with E-state index in [9.17, 15) is 13.2 Å². The molecule has 0 radical (unpaired) electrons. The third kappa shape index (κ3) is 3.96. The van der Waals surface area contributed by atoms with Crippen molar-refractivity contribution < 1.29 is 13.2 Å². The summed E-state index contributed by atoms with van der Waals surface area (Å²) in [6, 6.07) is 6.90. The van der Waals surface area contributed by atoms with Crippen molar-refractivity contribution in [2.75, 3.05) is 26.2 Å². The van der Waals surface area contributed by atoms with Crippen LogP contribution in [0.5, 0.6) is 0 Å². The van der Waals surface area contributed by atoms with Crippen LogP contribution in [0.15, 0.2) is 29.2 Å². The van der Waals surface area contributed by atoms with E-state index in [1.807, 2.05) is 0 Å². The molecule has 4 rings (SSSR count). The lowest BCUT2D eigenvalue weighted by Crippen LogP contribution is -2.36. The molecule has 1 aromatic heterocycles. The van der Waals surface area contributed by atoms with Crippen LogP contribution in [0.2, 0.25) is 0 Å². The largest absolute Gasteiger partial charge is 0.351 e. The van der Waals surface area contributed by atoms with Gasteiger partial charge in [0.25, 0.3) is 5.91 Å². The van der Waals surface area contributed by atoms with Gasteiger partial charge in [0.2, 0.25) is 0 Å². The van der Waals surface area contributed by atoms with Crippen LogP contribution in [-0.4, -0.2) is 55.2 Å². The topological polar surface area (TPSA) is 84.3 Å². The smallest absolute Gasteiger partial charge is 0.272 e. The maximum atomic E-state index is 12.8. The Morgan fingerprint density at radius 1 is 1.31 bits per heavy atom. The fraction of sp³-hybridized carbons (Fsp3) is 0.524. The SMILES string of the molecule is C[C@H]1CCCN(CCCNC(=O)c2nn(C)c3c2CS(=O)(=O)c2ccccc2-3)C1. The minimum Gasteiger partial charge on any atom is -0.351 e. The second-order valence-corrected chi connectivity index (χ2v) is 10.2. The summed E-state index contributed by atoms with van der Waals surface area (Å²) in [5.41, 5.74) is 2.03. The van der Waals surface area contributed by atoms with E-state index in [-0.39, 0.29) is 17.4 Å². The van der Waals surface area contributed by atoms with Gasteiger partial charge < -0.3 is 10.2 Å². The van der Waals surface area contributed by atoms with E-state index in [1.54, 1.807) is 36.0 Å². The van der Waals surface area contributed by atoms with E-state index in [0.717, 1.165) is 32.0 Å². The molecule has 3 heterocycles. The zero-order valence-electron chi connectivity index (χ0n) is 17.0. The van der Waals surface area contributed by atoms with Gasteiger partial charge in [-0.15, -0.1) is 0 Å². The summed E-state index contributed by atoms with van der Waals surface area (Å²) in [5, 5.41) is 7.29. The van der Waals surface area contributed by atoms with E-state index in [1.165, 1.54) is 12.8 Å². The summed E-state index contributed by atoms with van der Waals surface area (Å²) in [7, 11) is -1.73. The minimum atomic E-state index is -3.48. The van der Waals surface area contributed by atoms with Crippen molar-refractivity contribution in [2.45, 2.75) is 36.8 Å². The lowest BCUT2D eigenvalue weighted by Gasteiger charge is -2.30. The van der Waals surface area contributed by atoms with Gasteiger partial charge in [-0.05, 0) is 44.3 Å². The normalized spacial score (nSPS) is 20.7. The molecule has 1 saturated heterocycles. The minimum absolute atomic E-state index is 0.193. The number of carbonyl (C=O) groups is 1. The maximum absolute atomic E-state index is 12.8. The van der Waals surface area contributed by atoms with Crippen molar-refractivity contribution >= 4 is 15.7 Å². The van der Waals surface area contributed by atoms with Crippen LogP contribution in [-0.2, 0) is 22.6 Å². The Kier molecular flexibility index (Phi) is 5.48. The molecule has 0 bridgehead atoms. The van der Waals surface area contributed by atoms with Gasteiger partial charge in [0.1, 0.15) is 0 Å². The Labute approximate surface area is 172 Å². The van der Waals surface area contributed by atoms with Gasteiger partial charge in [0.15, 0.2) is 15.5 Å². The highest BCUT2D eigenvalue weighted by Crippen LogP contribution is 2.38. The van der Waals surface area contributed by atoms with E-state index in [0.29, 0.717) is 28.3 Å². The first-order valence-electron chi connectivity index (χ1n) is 10.3. The predicted octanol–water partition coefficient (Wildman–Crippen LogP) is 2.23. The average molecular weight is 417 g/mol. The number of hydrogen-bond donors (Lipinski definition) is 1. The van der Waals surface area contributed by atoms with E-state index >= 15 is 0 Å². The number of carbonyl (C=O) groups excluding carboxylic acids is 1. The molecule has 156 valence electrons. The number of nitrogens with one attached hydrogen (secondary N) is 1. The Balaban J connectivity index is 1.46. The third-order valence-electron chi connectivity index (χ3n) is 5.85. The predicted molar refractivity (Wildman–Crippen MR) is 111 cm³/mol. The number of aromatic nitrogens is 2. The van der Waals surface area contributed by atoms with Crippen LogP contribution in [0.1, 0.15) is 42.2 Å². The number of likely N-dealkylation sites (tertiary alicyclic amines) is 1. The van der Waals surface area contributed by atoms with Gasteiger partial charge in [0.05, 0.1) is 16.3 Å². The summed E-state index contributed by atoms with van der Waals surface area (Å²) in [6.07, 6.45) is 3.40. The molecule has 1 fully saturated rings. The van der Waals surface area contributed by atoms with Gasteiger partial charge >= 0.3 is 0 Å². The molecule has 8 heteroatoms. The van der Waals surface area contributed by atoms with E-state index in [2.05, 4.69) is 22.2 Å². The molecule has 0 aliphatic carbocycles. The fourth-order valence-corrected chi connectivity index (χ4v) is 6.10. The summed E-state index contributed by atoms with van der Waals surface area (Å²) < 4.78 is 27.0. The quantitative estimate of drug-likeness (QED) is 0.756. The molecule has 1 amide bonds. The monoisotopic (exact) mass is 416 g/mol. The standard InChI is InChI=1S/C21H28N4O3S/c1-15-7-5-11-25(13-15)12-6-10-22-21(26)19-17-14-29(27,28)18-9-4-3-8-16(18)20(17)24(2)23-19/h3-4,8-9,15H,5-7,10-14H2,1-2H3,(H,22,26)/t15-/m0/s1. The van der Waals surface area contributed by atoms with Crippen LogP contribution < -0.4 is 5.32 Å². The molecule has 1 atom stereocenters. The molecule has 0 saturated carbocycles. The molecule has 7 nitrogen and oxygen atoms in total. The van der Waals surface area contributed by atoms with Gasteiger partial charge in [-0.2, -0.15) is 5.10 Å². The van der Waals surface area contributed by atoms with Crippen molar-refractivity contribution in [1.82, 2.24) is 20.0 Å². The molecular weight excluding hydrogens is 388 g/mol. The van der Waals surface area contributed by atoms with Crippen LogP contribution in [0, 0.1) is 5.92 Å². The Hall–Kier alpha value is -2.19. The number of benzene rings is 1. The number of rotatable bonds is 5. The number of hydrogen-bond acceptors (Lipinski definition) is 5. The third-order valence-corrected chi connectivity index (χ3v) is 7.54. The van der Waals surface area contributed by atoms with E-state index < -0.39 is 9.84 Å². The van der Waals surface area contributed by atoms with Crippen molar-refractivity contribution in [2.24, 2.45) is 13.0 Å². The molecule has 2 aliphatic heterocycles. The highest BCUT2D eigenvalue weighted by molar-refractivity contribution is 7.90. The molecule has 1 N–H and O–H groups in total. The summed E-state index contributed by atoms with van der Waals surface area (Å²) in [6.45, 7) is 6.05. The molecular formula is C21H28N4O3S. The van der Waals surface area contributed by atoms with Gasteiger partial charge in [-0.1, -0.05) is 25.1 Å². The molecule has 0 spiro atoms. The van der Waals surface area contributed by atoms with Crippen molar-refractivity contribution in [1.29, 1.82) is 0 Å². The van der Waals surface area contributed by atoms with Crippen LogP contribution in [0.3, 0.4) is 0 Å². The zero-order valence-corrected chi connectivity index (χ0v) is 17.8. The van der Waals surface area contributed by atoms with Crippen molar-refractivity contribution in [3.8, 4) is 11.3 Å². The zero-order chi connectivity index (χ0) is 20.6.